The number of rotatable bonds is 9. The second-order valence-electron chi connectivity index (χ2n) is 4.54. The second-order valence-corrected chi connectivity index (χ2v) is 4.54. The number of benzene rings is 1. The quantitative estimate of drug-likeness (QED) is 0.723. The minimum Gasteiger partial charge on any atom is -0.493 e. The molecular formula is C15H21NO5. The summed E-state index contributed by atoms with van der Waals surface area (Å²) in [5.74, 6) is 0.312. The molecule has 0 aliphatic carbocycles. The number of ether oxygens (including phenoxy) is 2. The minimum absolute atomic E-state index is 0.0170. The summed E-state index contributed by atoms with van der Waals surface area (Å²) in [6.07, 6.45) is 1.28. The molecule has 0 saturated heterocycles. The Hall–Kier alpha value is -2.24. The minimum atomic E-state index is -0.881. The fourth-order valence-electron chi connectivity index (χ4n) is 1.87. The highest BCUT2D eigenvalue weighted by Crippen LogP contribution is 2.27. The molecule has 0 spiro atoms. The zero-order valence-electron chi connectivity index (χ0n) is 12.3. The van der Waals surface area contributed by atoms with E-state index < -0.39 is 5.97 Å². The van der Waals surface area contributed by atoms with E-state index in [2.05, 4.69) is 5.32 Å². The molecule has 0 aliphatic rings. The average Bonchev–Trinajstić information content (AvgIpc) is 2.46. The van der Waals surface area contributed by atoms with Crippen LogP contribution in [0.1, 0.15) is 24.8 Å². The molecular weight excluding hydrogens is 274 g/mol. The molecule has 1 aromatic carbocycles. The van der Waals surface area contributed by atoms with Crippen LogP contribution in [0, 0.1) is 0 Å². The van der Waals surface area contributed by atoms with E-state index in [9.17, 15) is 9.59 Å². The largest absolute Gasteiger partial charge is 0.493 e. The molecule has 0 heterocycles. The van der Waals surface area contributed by atoms with Crippen LogP contribution in [0.2, 0.25) is 0 Å². The maximum absolute atomic E-state index is 11.5. The van der Waals surface area contributed by atoms with Crippen LogP contribution in [-0.4, -0.2) is 37.7 Å². The zero-order valence-corrected chi connectivity index (χ0v) is 12.3. The van der Waals surface area contributed by atoms with Gasteiger partial charge in [-0.3, -0.25) is 9.59 Å². The number of aliphatic carboxylic acids is 1. The predicted octanol–water partition coefficient (Wildman–Crippen LogP) is 1.62. The van der Waals surface area contributed by atoms with Crippen molar-refractivity contribution in [2.45, 2.75) is 25.7 Å². The van der Waals surface area contributed by atoms with Crippen LogP contribution in [0.4, 0.5) is 0 Å². The van der Waals surface area contributed by atoms with Crippen molar-refractivity contribution in [1.29, 1.82) is 0 Å². The summed E-state index contributed by atoms with van der Waals surface area (Å²) in [5.41, 5.74) is 1.03. The molecule has 0 fully saturated rings. The van der Waals surface area contributed by atoms with Crippen molar-refractivity contribution in [2.75, 3.05) is 20.8 Å². The second kappa shape index (κ2) is 8.84. The average molecular weight is 295 g/mol. The Labute approximate surface area is 124 Å². The lowest BCUT2D eigenvalue weighted by atomic mass is 10.1. The molecule has 6 heteroatoms. The van der Waals surface area contributed by atoms with Gasteiger partial charge in [0, 0.05) is 19.4 Å². The molecule has 1 aromatic rings. The van der Waals surface area contributed by atoms with Crippen LogP contribution in [0.3, 0.4) is 0 Å². The third-order valence-electron chi connectivity index (χ3n) is 2.98. The molecule has 0 saturated carbocycles. The van der Waals surface area contributed by atoms with E-state index in [0.717, 1.165) is 5.56 Å². The van der Waals surface area contributed by atoms with E-state index in [0.29, 0.717) is 30.9 Å². The number of hydrogen-bond donors (Lipinski definition) is 2. The van der Waals surface area contributed by atoms with Crippen LogP contribution < -0.4 is 14.8 Å². The highest BCUT2D eigenvalue weighted by atomic mass is 16.5. The topological polar surface area (TPSA) is 84.9 Å². The van der Waals surface area contributed by atoms with Crippen molar-refractivity contribution in [3.05, 3.63) is 23.8 Å². The summed E-state index contributed by atoms with van der Waals surface area (Å²) in [7, 11) is 3.15. The Morgan fingerprint density at radius 2 is 1.86 bits per heavy atom. The maximum Gasteiger partial charge on any atom is 0.303 e. The van der Waals surface area contributed by atoms with Gasteiger partial charge in [0.25, 0.3) is 0 Å². The van der Waals surface area contributed by atoms with Gasteiger partial charge in [0.15, 0.2) is 11.5 Å². The summed E-state index contributed by atoms with van der Waals surface area (Å²) in [4.78, 5) is 21.8. The highest BCUT2D eigenvalue weighted by molar-refractivity contribution is 5.76. The first-order chi connectivity index (χ1) is 10.1. The molecule has 0 aromatic heterocycles. The van der Waals surface area contributed by atoms with E-state index in [1.54, 1.807) is 14.2 Å². The number of carbonyl (C=O) groups excluding carboxylic acids is 1. The van der Waals surface area contributed by atoms with Gasteiger partial charge in [-0.2, -0.15) is 0 Å². The van der Waals surface area contributed by atoms with Crippen LogP contribution in [0.15, 0.2) is 18.2 Å². The maximum atomic E-state index is 11.5. The SMILES string of the molecule is COc1ccc(CCNC(=O)CCCC(=O)O)cc1OC. The third-order valence-corrected chi connectivity index (χ3v) is 2.98. The van der Waals surface area contributed by atoms with Gasteiger partial charge < -0.3 is 19.9 Å². The molecule has 1 amide bonds. The van der Waals surface area contributed by atoms with Crippen LogP contribution in [0.5, 0.6) is 11.5 Å². The number of nitrogens with one attached hydrogen (secondary N) is 1. The predicted molar refractivity (Wildman–Crippen MR) is 77.7 cm³/mol. The van der Waals surface area contributed by atoms with Gasteiger partial charge in [0.05, 0.1) is 14.2 Å². The van der Waals surface area contributed by atoms with E-state index in [1.165, 1.54) is 0 Å². The molecule has 0 atom stereocenters. The van der Waals surface area contributed by atoms with Gasteiger partial charge in [-0.05, 0) is 30.5 Å². The fourth-order valence-corrected chi connectivity index (χ4v) is 1.87. The Morgan fingerprint density at radius 1 is 1.14 bits per heavy atom. The number of carbonyl (C=O) groups is 2. The smallest absolute Gasteiger partial charge is 0.303 e. The van der Waals surface area contributed by atoms with Gasteiger partial charge in [-0.1, -0.05) is 6.07 Å². The highest BCUT2D eigenvalue weighted by Gasteiger charge is 2.06. The first-order valence-corrected chi connectivity index (χ1v) is 6.76. The normalized spacial score (nSPS) is 10.0. The van der Waals surface area contributed by atoms with Gasteiger partial charge in [0.1, 0.15) is 0 Å². The van der Waals surface area contributed by atoms with Gasteiger partial charge in [-0.25, -0.2) is 0 Å². The van der Waals surface area contributed by atoms with Crippen LogP contribution in [0.25, 0.3) is 0 Å². The zero-order chi connectivity index (χ0) is 15.7. The van der Waals surface area contributed by atoms with Crippen molar-refractivity contribution in [1.82, 2.24) is 5.32 Å². The Kier molecular flexibility index (Phi) is 7.08. The number of methoxy groups -OCH3 is 2. The summed E-state index contributed by atoms with van der Waals surface area (Å²) in [6.45, 7) is 0.501. The molecule has 0 radical (unpaired) electrons. The van der Waals surface area contributed by atoms with Crippen LogP contribution in [-0.2, 0) is 16.0 Å². The van der Waals surface area contributed by atoms with Gasteiger partial charge in [-0.15, -0.1) is 0 Å². The number of amides is 1. The molecule has 21 heavy (non-hydrogen) atoms. The first kappa shape index (κ1) is 16.8. The Balaban J connectivity index is 2.35. The third kappa shape index (κ3) is 6.16. The lowest BCUT2D eigenvalue weighted by molar-refractivity contribution is -0.137. The summed E-state index contributed by atoms with van der Waals surface area (Å²) < 4.78 is 10.4. The van der Waals surface area contributed by atoms with Crippen LogP contribution >= 0.6 is 0 Å². The summed E-state index contributed by atoms with van der Waals surface area (Å²) >= 11 is 0. The summed E-state index contributed by atoms with van der Waals surface area (Å²) in [5, 5.41) is 11.3. The molecule has 0 aliphatic heterocycles. The molecule has 0 unspecified atom stereocenters. The standard InChI is InChI=1S/C15H21NO5/c1-20-12-7-6-11(10-13(12)21-2)8-9-16-14(17)4-3-5-15(18)19/h6-7,10H,3-5,8-9H2,1-2H3,(H,16,17)(H,18,19). The van der Waals surface area contributed by atoms with Crippen molar-refractivity contribution in [2.24, 2.45) is 0 Å². The Bertz CT molecular complexity index is 487. The Morgan fingerprint density at radius 3 is 2.48 bits per heavy atom. The molecule has 6 nitrogen and oxygen atoms in total. The van der Waals surface area contributed by atoms with Gasteiger partial charge >= 0.3 is 5.97 Å². The lowest BCUT2D eigenvalue weighted by Gasteiger charge is -2.10. The van der Waals surface area contributed by atoms with Crippen molar-refractivity contribution >= 4 is 11.9 Å². The number of carboxylic acids is 1. The van der Waals surface area contributed by atoms with Crippen molar-refractivity contribution < 1.29 is 24.2 Å². The van der Waals surface area contributed by atoms with Gasteiger partial charge in [0.2, 0.25) is 5.91 Å². The van der Waals surface area contributed by atoms with E-state index >= 15 is 0 Å². The molecule has 2 N–H and O–H groups in total. The monoisotopic (exact) mass is 295 g/mol. The molecule has 1 rings (SSSR count). The van der Waals surface area contributed by atoms with Crippen molar-refractivity contribution in [3.8, 4) is 11.5 Å². The lowest BCUT2D eigenvalue weighted by Crippen LogP contribution is -2.25. The van der Waals surface area contributed by atoms with E-state index in [4.69, 9.17) is 14.6 Å². The first-order valence-electron chi connectivity index (χ1n) is 6.76. The number of hydrogen-bond acceptors (Lipinski definition) is 4. The molecule has 116 valence electrons. The fraction of sp³-hybridized carbons (Fsp3) is 0.467. The summed E-state index contributed by atoms with van der Waals surface area (Å²) in [6, 6.07) is 5.61. The number of carboxylic acid groups (broad SMARTS) is 1. The van der Waals surface area contributed by atoms with E-state index in [1.807, 2.05) is 18.2 Å². The molecule has 0 bridgehead atoms. The van der Waals surface area contributed by atoms with E-state index in [-0.39, 0.29) is 18.7 Å². The van der Waals surface area contributed by atoms with Crippen molar-refractivity contribution in [3.63, 3.8) is 0 Å².